The van der Waals surface area contributed by atoms with E-state index in [9.17, 15) is 4.79 Å². The number of esters is 1. The maximum Gasteiger partial charge on any atom is 0.326 e. The first-order chi connectivity index (χ1) is 8.14. The van der Waals surface area contributed by atoms with Crippen molar-refractivity contribution in [3.63, 3.8) is 0 Å². The molecule has 2 rings (SSSR count). The predicted molar refractivity (Wildman–Crippen MR) is 63.4 cm³/mol. The zero-order valence-electron chi connectivity index (χ0n) is 9.68. The normalized spacial score (nSPS) is 28.2. The number of nitrogens with two attached hydrogens (primary N) is 1. The fourth-order valence-corrected chi connectivity index (χ4v) is 3.14. The van der Waals surface area contributed by atoms with E-state index in [1.165, 1.54) is 6.33 Å². The average molecular weight is 256 g/mol. The third-order valence-electron chi connectivity index (χ3n) is 2.86. The summed E-state index contributed by atoms with van der Waals surface area (Å²) >= 11 is 1.58. The Bertz CT molecular complexity index is 384. The Kier molecular flexibility index (Phi) is 3.68. The lowest BCUT2D eigenvalue weighted by Crippen LogP contribution is -2.47. The summed E-state index contributed by atoms with van der Waals surface area (Å²) in [4.78, 5) is 15.8. The number of H-pyrrole nitrogens is 1. The maximum atomic E-state index is 11.7. The van der Waals surface area contributed by atoms with E-state index >= 15 is 0 Å². The molecular formula is C10H16N4O2S. The number of rotatable bonds is 4. The minimum Gasteiger partial charge on any atom is -0.465 e. The van der Waals surface area contributed by atoms with Gasteiger partial charge in [-0.1, -0.05) is 11.8 Å². The van der Waals surface area contributed by atoms with Crippen LogP contribution in [-0.2, 0) is 9.53 Å². The monoisotopic (exact) mass is 256 g/mol. The highest BCUT2D eigenvalue weighted by Gasteiger charge is 2.43. The number of nitrogens with one attached hydrogen (secondary N) is 1. The van der Waals surface area contributed by atoms with Crippen molar-refractivity contribution in [3.8, 4) is 0 Å². The second-order valence-corrected chi connectivity index (χ2v) is 5.44. The second-order valence-electron chi connectivity index (χ2n) is 4.15. The average Bonchev–Trinajstić information content (AvgIpc) is 2.91. The number of nitrogens with zero attached hydrogens (tertiary/aromatic N) is 2. The smallest absolute Gasteiger partial charge is 0.326 e. The van der Waals surface area contributed by atoms with Gasteiger partial charge in [0.1, 0.15) is 11.9 Å². The first-order valence-corrected chi connectivity index (χ1v) is 6.50. The highest BCUT2D eigenvalue weighted by Crippen LogP contribution is 2.38. The van der Waals surface area contributed by atoms with Gasteiger partial charge in [0.05, 0.1) is 6.61 Å². The van der Waals surface area contributed by atoms with Gasteiger partial charge in [-0.3, -0.25) is 9.89 Å². The van der Waals surface area contributed by atoms with E-state index in [-0.39, 0.29) is 11.2 Å². The molecule has 1 aliphatic carbocycles. The molecule has 1 fully saturated rings. The van der Waals surface area contributed by atoms with Gasteiger partial charge in [-0.2, -0.15) is 5.10 Å². The third-order valence-corrected chi connectivity index (χ3v) is 4.01. The summed E-state index contributed by atoms with van der Waals surface area (Å²) in [6.07, 6.45) is 3.65. The lowest BCUT2D eigenvalue weighted by molar-refractivity contribution is -0.149. The molecule has 1 heterocycles. The van der Waals surface area contributed by atoms with Crippen LogP contribution in [0.3, 0.4) is 0 Å². The van der Waals surface area contributed by atoms with Crippen molar-refractivity contribution in [2.75, 3.05) is 6.61 Å². The van der Waals surface area contributed by atoms with E-state index in [1.807, 2.05) is 0 Å². The molecular weight excluding hydrogens is 240 g/mol. The van der Waals surface area contributed by atoms with Gasteiger partial charge >= 0.3 is 5.97 Å². The van der Waals surface area contributed by atoms with E-state index in [4.69, 9.17) is 10.5 Å². The first kappa shape index (κ1) is 12.4. The van der Waals surface area contributed by atoms with Crippen molar-refractivity contribution in [2.24, 2.45) is 5.73 Å². The Balaban J connectivity index is 1.92. The van der Waals surface area contributed by atoms with Gasteiger partial charge in [0.15, 0.2) is 5.16 Å². The number of aromatic nitrogens is 3. The van der Waals surface area contributed by atoms with Crippen LogP contribution >= 0.6 is 11.8 Å². The summed E-state index contributed by atoms with van der Waals surface area (Å²) in [7, 11) is 0. The molecule has 94 valence electrons. The lowest BCUT2D eigenvalue weighted by Gasteiger charge is -2.21. The number of hydrogen-bond donors (Lipinski definition) is 2. The minimum absolute atomic E-state index is 0.289. The Labute approximate surface area is 104 Å². The van der Waals surface area contributed by atoms with Crippen LogP contribution in [0.2, 0.25) is 0 Å². The van der Waals surface area contributed by atoms with E-state index in [1.54, 1.807) is 18.7 Å². The highest BCUT2D eigenvalue weighted by atomic mass is 32.2. The summed E-state index contributed by atoms with van der Waals surface area (Å²) in [5, 5.41) is 7.63. The fourth-order valence-electron chi connectivity index (χ4n) is 2.00. The van der Waals surface area contributed by atoms with Crippen molar-refractivity contribution in [3.05, 3.63) is 6.33 Å². The molecule has 0 radical (unpaired) electrons. The van der Waals surface area contributed by atoms with E-state index in [0.29, 0.717) is 19.4 Å². The summed E-state index contributed by atoms with van der Waals surface area (Å²) in [5.74, 6) is -0.291. The van der Waals surface area contributed by atoms with Crippen LogP contribution in [0.25, 0.3) is 0 Å². The Hall–Kier alpha value is -1.08. The molecule has 1 aromatic heterocycles. The summed E-state index contributed by atoms with van der Waals surface area (Å²) in [5.41, 5.74) is 5.25. The third kappa shape index (κ3) is 2.78. The fraction of sp³-hybridized carbons (Fsp3) is 0.700. The van der Waals surface area contributed by atoms with Crippen molar-refractivity contribution in [1.29, 1.82) is 0 Å². The SMILES string of the molecule is CCOC(=O)C1(N)CCC(Sc2ncn[nH]2)C1. The quantitative estimate of drug-likeness (QED) is 0.770. The summed E-state index contributed by atoms with van der Waals surface area (Å²) in [6.45, 7) is 2.16. The van der Waals surface area contributed by atoms with Crippen molar-refractivity contribution < 1.29 is 9.53 Å². The molecule has 0 saturated heterocycles. The summed E-state index contributed by atoms with van der Waals surface area (Å²) in [6, 6.07) is 0. The molecule has 6 nitrogen and oxygen atoms in total. The zero-order chi connectivity index (χ0) is 12.3. The first-order valence-electron chi connectivity index (χ1n) is 5.62. The predicted octanol–water partition coefficient (Wildman–Crippen LogP) is 0.710. The molecule has 1 aromatic rings. The number of carbonyl (C=O) groups is 1. The van der Waals surface area contributed by atoms with Gasteiger partial charge in [-0.25, -0.2) is 4.98 Å². The molecule has 0 amide bonds. The van der Waals surface area contributed by atoms with Gasteiger partial charge < -0.3 is 10.5 Å². The summed E-state index contributed by atoms with van der Waals surface area (Å²) < 4.78 is 5.00. The van der Waals surface area contributed by atoms with Crippen molar-refractivity contribution in [1.82, 2.24) is 15.2 Å². The van der Waals surface area contributed by atoms with Gasteiger partial charge in [0, 0.05) is 5.25 Å². The molecule has 0 spiro atoms. The van der Waals surface area contributed by atoms with Gasteiger partial charge in [-0.05, 0) is 26.2 Å². The maximum absolute atomic E-state index is 11.7. The topological polar surface area (TPSA) is 93.9 Å². The molecule has 17 heavy (non-hydrogen) atoms. The lowest BCUT2D eigenvalue weighted by atomic mass is 10.00. The van der Waals surface area contributed by atoms with Crippen LogP contribution in [0.4, 0.5) is 0 Å². The number of thioether (sulfide) groups is 1. The molecule has 0 bridgehead atoms. The Morgan fingerprint density at radius 3 is 3.29 bits per heavy atom. The van der Waals surface area contributed by atoms with E-state index in [2.05, 4.69) is 15.2 Å². The molecule has 2 unspecified atom stereocenters. The molecule has 7 heteroatoms. The van der Waals surface area contributed by atoms with Gasteiger partial charge in [0.2, 0.25) is 0 Å². The van der Waals surface area contributed by atoms with E-state index < -0.39 is 5.54 Å². The van der Waals surface area contributed by atoms with Crippen LogP contribution in [0.15, 0.2) is 11.5 Å². The molecule has 1 aliphatic rings. The molecule has 0 aromatic carbocycles. The van der Waals surface area contributed by atoms with Gasteiger partial charge in [-0.15, -0.1) is 0 Å². The Morgan fingerprint density at radius 1 is 1.82 bits per heavy atom. The highest BCUT2D eigenvalue weighted by molar-refractivity contribution is 7.99. The van der Waals surface area contributed by atoms with Crippen LogP contribution in [0.1, 0.15) is 26.2 Å². The van der Waals surface area contributed by atoms with Crippen LogP contribution in [0.5, 0.6) is 0 Å². The number of hydrogen-bond acceptors (Lipinski definition) is 6. The number of ether oxygens (including phenoxy) is 1. The largest absolute Gasteiger partial charge is 0.465 e. The Morgan fingerprint density at radius 2 is 2.65 bits per heavy atom. The minimum atomic E-state index is -0.826. The van der Waals surface area contributed by atoms with Gasteiger partial charge in [0.25, 0.3) is 0 Å². The van der Waals surface area contributed by atoms with Crippen molar-refractivity contribution in [2.45, 2.75) is 42.1 Å². The molecule has 1 saturated carbocycles. The van der Waals surface area contributed by atoms with Crippen LogP contribution in [0, 0.1) is 0 Å². The second kappa shape index (κ2) is 5.05. The van der Waals surface area contributed by atoms with E-state index in [0.717, 1.165) is 11.6 Å². The molecule has 2 atom stereocenters. The molecule has 0 aliphatic heterocycles. The molecule has 3 N–H and O–H groups in total. The number of aromatic amines is 1. The standard InChI is InChI=1S/C10H16N4O2S/c1-2-16-8(15)10(11)4-3-7(5-10)17-9-12-6-13-14-9/h6-7H,2-5,11H2,1H3,(H,12,13,14). The zero-order valence-corrected chi connectivity index (χ0v) is 10.5. The van der Waals surface area contributed by atoms with Crippen molar-refractivity contribution >= 4 is 17.7 Å². The van der Waals surface area contributed by atoms with Crippen LogP contribution in [-0.4, -0.2) is 38.5 Å². The number of carbonyl (C=O) groups excluding carboxylic acids is 1. The van der Waals surface area contributed by atoms with Crippen LogP contribution < -0.4 is 5.73 Å².